The van der Waals surface area contributed by atoms with E-state index in [1.54, 1.807) is 6.08 Å². The summed E-state index contributed by atoms with van der Waals surface area (Å²) in [6, 6.07) is 0. The second kappa shape index (κ2) is 5.35. The van der Waals surface area contributed by atoms with Gasteiger partial charge < -0.3 is 24.1 Å². The van der Waals surface area contributed by atoms with Gasteiger partial charge in [0.1, 0.15) is 18.3 Å². The minimum absolute atomic E-state index is 0.356. The van der Waals surface area contributed by atoms with Crippen molar-refractivity contribution in [3.63, 3.8) is 0 Å². The lowest BCUT2D eigenvalue weighted by Gasteiger charge is -2.38. The molecule has 0 aromatic heterocycles. The van der Waals surface area contributed by atoms with Crippen molar-refractivity contribution < 1.29 is 28.8 Å². The predicted octanol–water partition coefficient (Wildman–Crippen LogP) is 0.920. The number of aliphatic hydroxyl groups excluding tert-OH is 1. The van der Waals surface area contributed by atoms with Gasteiger partial charge in [0, 0.05) is 20.0 Å². The normalized spacial score (nSPS) is 41.0. The number of hydrogen-bond acceptors (Lipinski definition) is 6. The molecule has 1 heterocycles. The summed E-state index contributed by atoms with van der Waals surface area (Å²) in [5.74, 6) is -1.26. The van der Waals surface area contributed by atoms with Crippen LogP contribution in [0.3, 0.4) is 0 Å². The van der Waals surface area contributed by atoms with Gasteiger partial charge in [-0.15, -0.1) is 0 Å². The molecule has 0 amide bonds. The Morgan fingerprint density at radius 3 is 2.57 bits per heavy atom. The van der Waals surface area contributed by atoms with Crippen LogP contribution in [0.15, 0.2) is 12.2 Å². The van der Waals surface area contributed by atoms with E-state index < -0.39 is 29.6 Å². The molecular weight excluding hydrogens is 276 g/mol. The molecule has 0 radical (unpaired) electrons. The van der Waals surface area contributed by atoms with Crippen LogP contribution in [0.25, 0.3) is 0 Å². The molecule has 1 spiro atoms. The highest BCUT2D eigenvalue weighted by Gasteiger charge is 2.59. The maximum Gasteiger partial charge on any atom is 0.345 e. The zero-order valence-electron chi connectivity index (χ0n) is 12.4. The molecule has 118 valence electrons. The fourth-order valence-electron chi connectivity index (χ4n) is 3.58. The minimum atomic E-state index is -1.53. The van der Waals surface area contributed by atoms with Gasteiger partial charge in [-0.3, -0.25) is 0 Å². The van der Waals surface area contributed by atoms with Crippen molar-refractivity contribution in [3.8, 4) is 0 Å². The van der Waals surface area contributed by atoms with Crippen LogP contribution in [0.2, 0.25) is 0 Å². The van der Waals surface area contributed by atoms with E-state index in [9.17, 15) is 9.90 Å². The summed E-state index contributed by atoms with van der Waals surface area (Å²) in [5.41, 5.74) is -1.53. The Labute approximate surface area is 124 Å². The maximum absolute atomic E-state index is 12.0. The van der Waals surface area contributed by atoms with E-state index in [2.05, 4.69) is 0 Å². The summed E-state index contributed by atoms with van der Waals surface area (Å²) in [4.78, 5) is 12.0. The molecule has 0 aromatic rings. The Morgan fingerprint density at radius 2 is 1.95 bits per heavy atom. The van der Waals surface area contributed by atoms with Crippen LogP contribution < -0.4 is 0 Å². The fraction of sp³-hybridized carbons (Fsp3) is 0.800. The third-order valence-electron chi connectivity index (χ3n) is 4.77. The average molecular weight is 298 g/mol. The summed E-state index contributed by atoms with van der Waals surface area (Å²) in [5, 5.41) is 10.6. The molecule has 1 saturated carbocycles. The highest BCUT2D eigenvalue weighted by atomic mass is 16.8. The minimum Gasteiger partial charge on any atom is -0.467 e. The number of rotatable bonds is 2. The summed E-state index contributed by atoms with van der Waals surface area (Å²) < 4.78 is 22.1. The van der Waals surface area contributed by atoms with Crippen LogP contribution in [-0.4, -0.2) is 55.0 Å². The van der Waals surface area contributed by atoms with Crippen LogP contribution in [0.4, 0.5) is 0 Å². The van der Waals surface area contributed by atoms with Gasteiger partial charge in [0.15, 0.2) is 5.79 Å². The number of carbonyl (C=O) groups excluding carboxylic acids is 1. The second-order valence-electron chi connectivity index (χ2n) is 5.93. The van der Waals surface area contributed by atoms with E-state index in [1.165, 1.54) is 26.7 Å². The molecule has 1 aliphatic heterocycles. The topological polar surface area (TPSA) is 74.2 Å². The van der Waals surface area contributed by atoms with Crippen LogP contribution >= 0.6 is 0 Å². The summed E-state index contributed by atoms with van der Waals surface area (Å²) in [6.45, 7) is 0. The van der Waals surface area contributed by atoms with Crippen molar-refractivity contribution in [2.75, 3.05) is 14.2 Å². The lowest BCUT2D eigenvalue weighted by Crippen LogP contribution is -2.59. The Bertz CT molecular complexity index is 441. The van der Waals surface area contributed by atoms with E-state index in [1.807, 2.05) is 0 Å². The van der Waals surface area contributed by atoms with Crippen LogP contribution in [0.5, 0.6) is 0 Å². The number of methoxy groups -OCH3 is 2. The zero-order valence-corrected chi connectivity index (χ0v) is 12.4. The predicted molar refractivity (Wildman–Crippen MR) is 72.5 cm³/mol. The monoisotopic (exact) mass is 298 g/mol. The molecule has 21 heavy (non-hydrogen) atoms. The first-order chi connectivity index (χ1) is 10.1. The van der Waals surface area contributed by atoms with Crippen LogP contribution in [0.1, 0.15) is 32.1 Å². The second-order valence-corrected chi connectivity index (χ2v) is 5.93. The van der Waals surface area contributed by atoms with Crippen molar-refractivity contribution in [2.45, 2.75) is 61.8 Å². The van der Waals surface area contributed by atoms with Crippen LogP contribution in [0, 0.1) is 0 Å². The molecule has 2 fully saturated rings. The Kier molecular flexibility index (Phi) is 3.81. The molecular formula is C15H22O6. The van der Waals surface area contributed by atoms with Gasteiger partial charge >= 0.3 is 5.97 Å². The highest BCUT2D eigenvalue weighted by molar-refractivity contribution is 5.83. The largest absolute Gasteiger partial charge is 0.467 e. The number of hydrogen-bond donors (Lipinski definition) is 1. The number of aliphatic hydroxyl groups is 1. The quantitative estimate of drug-likeness (QED) is 0.603. The maximum atomic E-state index is 12.0. The number of carbonyl (C=O) groups is 1. The smallest absolute Gasteiger partial charge is 0.345 e. The van der Waals surface area contributed by atoms with E-state index in [0.717, 1.165) is 25.7 Å². The molecule has 4 atom stereocenters. The van der Waals surface area contributed by atoms with E-state index in [0.29, 0.717) is 0 Å². The van der Waals surface area contributed by atoms with E-state index in [-0.39, 0.29) is 6.10 Å². The Morgan fingerprint density at radius 1 is 1.24 bits per heavy atom. The number of ether oxygens (including phenoxy) is 4. The number of fused-ring (bicyclic) bond motifs is 1. The third-order valence-corrected chi connectivity index (χ3v) is 4.77. The summed E-state index contributed by atoms with van der Waals surface area (Å²) in [6.07, 6.45) is 6.03. The fourth-order valence-corrected chi connectivity index (χ4v) is 3.58. The standard InChI is InChI=1S/C15H22O6/c1-18-13(17)15(19-2)9-6-10-11(12(15)16)21-14(20-10)7-4-3-5-8-14/h6,9-12,16H,3-5,7-8H2,1-2H3/t10-,11-,12+,15?/m0/s1. The van der Waals surface area contributed by atoms with E-state index in [4.69, 9.17) is 18.9 Å². The summed E-state index contributed by atoms with van der Waals surface area (Å²) >= 11 is 0. The van der Waals surface area contributed by atoms with Gasteiger partial charge in [-0.25, -0.2) is 4.79 Å². The van der Waals surface area contributed by atoms with Gasteiger partial charge in [0.2, 0.25) is 5.60 Å². The lowest BCUT2D eigenvalue weighted by atomic mass is 9.84. The summed E-state index contributed by atoms with van der Waals surface area (Å²) in [7, 11) is 2.64. The van der Waals surface area contributed by atoms with Gasteiger partial charge in [-0.05, 0) is 18.9 Å². The zero-order chi connectivity index (χ0) is 15.1. The van der Waals surface area contributed by atoms with Crippen molar-refractivity contribution in [2.24, 2.45) is 0 Å². The molecule has 0 bridgehead atoms. The Hall–Kier alpha value is -0.950. The number of esters is 1. The first-order valence-electron chi connectivity index (χ1n) is 7.43. The third kappa shape index (κ3) is 2.21. The lowest BCUT2D eigenvalue weighted by molar-refractivity contribution is -0.212. The highest BCUT2D eigenvalue weighted by Crippen LogP contribution is 2.45. The SMILES string of the molecule is COC(=O)C1(OC)C=C[C@@H]2OC3(CCCCC3)O[C@@H]2[C@H]1O. The van der Waals surface area contributed by atoms with Crippen molar-refractivity contribution in [1.82, 2.24) is 0 Å². The molecule has 3 aliphatic rings. The van der Waals surface area contributed by atoms with E-state index >= 15 is 0 Å². The molecule has 6 nitrogen and oxygen atoms in total. The van der Waals surface area contributed by atoms with Crippen molar-refractivity contribution in [3.05, 3.63) is 12.2 Å². The van der Waals surface area contributed by atoms with Gasteiger partial charge in [-0.2, -0.15) is 0 Å². The molecule has 6 heteroatoms. The van der Waals surface area contributed by atoms with Gasteiger partial charge in [0.25, 0.3) is 0 Å². The Balaban J connectivity index is 1.86. The molecule has 1 N–H and O–H groups in total. The molecule has 2 aliphatic carbocycles. The van der Waals surface area contributed by atoms with Crippen molar-refractivity contribution >= 4 is 5.97 Å². The molecule has 1 saturated heterocycles. The first-order valence-corrected chi connectivity index (χ1v) is 7.43. The van der Waals surface area contributed by atoms with Crippen molar-refractivity contribution in [1.29, 1.82) is 0 Å². The van der Waals surface area contributed by atoms with Gasteiger partial charge in [-0.1, -0.05) is 12.5 Å². The molecule has 3 rings (SSSR count). The molecule has 1 unspecified atom stereocenters. The van der Waals surface area contributed by atoms with Crippen LogP contribution in [-0.2, 0) is 23.7 Å². The first kappa shape index (κ1) is 15.0. The van der Waals surface area contributed by atoms with Gasteiger partial charge in [0.05, 0.1) is 7.11 Å². The molecule has 0 aromatic carbocycles. The average Bonchev–Trinajstić information content (AvgIpc) is 2.87.